The molecule has 0 saturated carbocycles. The molecule has 1 N–H and O–H groups in total. The summed E-state index contributed by atoms with van der Waals surface area (Å²) in [6.07, 6.45) is -0.343. The molecule has 2 amide bonds. The van der Waals surface area contributed by atoms with Gasteiger partial charge in [0.15, 0.2) is 0 Å². The van der Waals surface area contributed by atoms with Gasteiger partial charge < -0.3 is 24.2 Å². The molecule has 0 radical (unpaired) electrons. The molecule has 4 aromatic rings. The number of ether oxygens (including phenoxy) is 1. The molecule has 0 aliphatic carbocycles. The van der Waals surface area contributed by atoms with Gasteiger partial charge in [0.2, 0.25) is 0 Å². The molecule has 5 rings (SSSR count). The van der Waals surface area contributed by atoms with Crippen molar-refractivity contribution in [2.45, 2.75) is 32.6 Å². The van der Waals surface area contributed by atoms with E-state index in [4.69, 9.17) is 4.74 Å². The second-order valence-corrected chi connectivity index (χ2v) is 10.8. The standard InChI is InChI=1S/C33H37N3O4/c1-22-18-36(23(2)20-37)33(39)31-30(27-16-10-11-17-28(27)35(31)4)26-15-9-8-14-25(26)21-40-29(22)19-34(3)32(38)24-12-6-5-7-13-24/h5-17,22-23,29,37H,18-21H2,1-4H3/t22-,23-,29+/m0/s1. The normalized spacial score (nSPS) is 18.5. The van der Waals surface area contributed by atoms with E-state index in [0.717, 1.165) is 27.6 Å². The molecule has 1 aromatic heterocycles. The predicted octanol–water partition coefficient (Wildman–Crippen LogP) is 4.98. The Labute approximate surface area is 235 Å². The predicted molar refractivity (Wildman–Crippen MR) is 157 cm³/mol. The Balaban J connectivity index is 1.60. The van der Waals surface area contributed by atoms with Crippen molar-refractivity contribution in [1.29, 1.82) is 0 Å². The fourth-order valence-corrected chi connectivity index (χ4v) is 5.68. The first kappa shape index (κ1) is 27.6. The number of fused-ring (bicyclic) bond motifs is 5. The van der Waals surface area contributed by atoms with Crippen molar-refractivity contribution in [1.82, 2.24) is 14.4 Å². The van der Waals surface area contributed by atoms with E-state index in [1.54, 1.807) is 16.8 Å². The van der Waals surface area contributed by atoms with E-state index in [1.807, 2.05) is 104 Å². The van der Waals surface area contributed by atoms with Crippen molar-refractivity contribution in [2.75, 3.05) is 26.7 Å². The minimum absolute atomic E-state index is 0.0818. The average Bonchev–Trinajstić information content (AvgIpc) is 3.28. The largest absolute Gasteiger partial charge is 0.394 e. The molecule has 0 spiro atoms. The molecule has 40 heavy (non-hydrogen) atoms. The minimum atomic E-state index is -0.402. The van der Waals surface area contributed by atoms with Crippen molar-refractivity contribution in [2.24, 2.45) is 13.0 Å². The Morgan fingerprint density at radius 2 is 1.73 bits per heavy atom. The van der Waals surface area contributed by atoms with Crippen molar-refractivity contribution in [3.05, 3.63) is 95.7 Å². The number of amides is 2. The number of likely N-dealkylation sites (N-methyl/N-ethyl adjacent to an activating group) is 1. The first-order valence-corrected chi connectivity index (χ1v) is 13.8. The van der Waals surface area contributed by atoms with E-state index >= 15 is 0 Å². The van der Waals surface area contributed by atoms with Gasteiger partial charge in [0, 0.05) is 55.1 Å². The number of carbonyl (C=O) groups is 2. The summed E-state index contributed by atoms with van der Waals surface area (Å²) in [7, 11) is 3.71. The first-order valence-electron chi connectivity index (χ1n) is 13.8. The van der Waals surface area contributed by atoms with Gasteiger partial charge >= 0.3 is 0 Å². The molecule has 7 nitrogen and oxygen atoms in total. The van der Waals surface area contributed by atoms with Gasteiger partial charge in [0.05, 0.1) is 25.4 Å². The van der Waals surface area contributed by atoms with Gasteiger partial charge in [-0.2, -0.15) is 0 Å². The molecular formula is C33H37N3O4. The van der Waals surface area contributed by atoms with Crippen LogP contribution >= 0.6 is 0 Å². The van der Waals surface area contributed by atoms with Crippen LogP contribution in [0.25, 0.3) is 22.0 Å². The quantitative estimate of drug-likeness (QED) is 0.388. The zero-order valence-corrected chi connectivity index (χ0v) is 23.6. The molecule has 0 bridgehead atoms. The summed E-state index contributed by atoms with van der Waals surface area (Å²) in [5.74, 6) is -0.333. The SMILES string of the molecule is C[C@H]1CN([C@@H](C)CO)C(=O)c2c(c3ccccc3n2C)-c2ccccc2CO[C@@H]1CN(C)C(=O)c1ccccc1. The van der Waals surface area contributed by atoms with Crippen molar-refractivity contribution >= 4 is 22.7 Å². The zero-order valence-electron chi connectivity index (χ0n) is 23.6. The number of nitrogens with zero attached hydrogens (tertiary/aromatic N) is 3. The van der Waals surface area contributed by atoms with Gasteiger partial charge in [0.25, 0.3) is 11.8 Å². The summed E-state index contributed by atoms with van der Waals surface area (Å²) in [5.41, 5.74) is 4.98. The van der Waals surface area contributed by atoms with Gasteiger partial charge in [-0.1, -0.05) is 67.6 Å². The number of rotatable bonds is 5. The van der Waals surface area contributed by atoms with E-state index in [-0.39, 0.29) is 30.4 Å². The van der Waals surface area contributed by atoms with E-state index in [9.17, 15) is 14.7 Å². The Morgan fingerprint density at radius 1 is 1.05 bits per heavy atom. The number of benzene rings is 3. The monoisotopic (exact) mass is 539 g/mol. The molecule has 1 aliphatic heterocycles. The van der Waals surface area contributed by atoms with Crippen LogP contribution in [0, 0.1) is 5.92 Å². The van der Waals surface area contributed by atoms with Crippen molar-refractivity contribution < 1.29 is 19.4 Å². The lowest BCUT2D eigenvalue weighted by Crippen LogP contribution is -2.48. The fraction of sp³-hybridized carbons (Fsp3) is 0.333. The maximum Gasteiger partial charge on any atom is 0.271 e. The molecule has 2 heterocycles. The molecule has 1 aliphatic rings. The summed E-state index contributed by atoms with van der Waals surface area (Å²) in [4.78, 5) is 31.0. The highest BCUT2D eigenvalue weighted by atomic mass is 16.5. The summed E-state index contributed by atoms with van der Waals surface area (Å²) in [5, 5.41) is 11.2. The molecule has 3 aromatic carbocycles. The third-order valence-corrected chi connectivity index (χ3v) is 8.05. The highest BCUT2D eigenvalue weighted by molar-refractivity contribution is 6.10. The highest BCUT2D eigenvalue weighted by Crippen LogP contribution is 2.38. The second kappa shape index (κ2) is 11.7. The number of aliphatic hydroxyl groups is 1. The highest BCUT2D eigenvalue weighted by Gasteiger charge is 2.34. The van der Waals surface area contributed by atoms with E-state index in [1.165, 1.54) is 0 Å². The number of para-hydroxylation sites is 1. The number of hydrogen-bond donors (Lipinski definition) is 1. The van der Waals surface area contributed by atoms with Crippen molar-refractivity contribution in [3.63, 3.8) is 0 Å². The fourth-order valence-electron chi connectivity index (χ4n) is 5.68. The van der Waals surface area contributed by atoms with Crippen LogP contribution in [0.5, 0.6) is 0 Å². The summed E-state index contributed by atoms with van der Waals surface area (Å²) in [6, 6.07) is 24.9. The second-order valence-electron chi connectivity index (χ2n) is 10.8. The molecular weight excluding hydrogens is 502 g/mol. The van der Waals surface area contributed by atoms with Gasteiger partial charge in [-0.15, -0.1) is 0 Å². The van der Waals surface area contributed by atoms with Crippen LogP contribution in [0.3, 0.4) is 0 Å². The molecule has 0 saturated heterocycles. The Morgan fingerprint density at radius 3 is 2.48 bits per heavy atom. The van der Waals surface area contributed by atoms with Crippen LogP contribution in [0.4, 0.5) is 0 Å². The van der Waals surface area contributed by atoms with Gasteiger partial charge in [-0.05, 0) is 36.2 Å². The Bertz CT molecular complexity index is 1510. The topological polar surface area (TPSA) is 75.0 Å². The van der Waals surface area contributed by atoms with Crippen LogP contribution < -0.4 is 0 Å². The van der Waals surface area contributed by atoms with Crippen LogP contribution in [0.1, 0.15) is 40.3 Å². The van der Waals surface area contributed by atoms with Crippen LogP contribution in [0.15, 0.2) is 78.9 Å². The first-order chi connectivity index (χ1) is 19.3. The average molecular weight is 540 g/mol. The van der Waals surface area contributed by atoms with E-state index in [0.29, 0.717) is 31.0 Å². The molecule has 208 valence electrons. The van der Waals surface area contributed by atoms with Crippen molar-refractivity contribution in [3.8, 4) is 11.1 Å². The number of hydrogen-bond acceptors (Lipinski definition) is 4. The summed E-state index contributed by atoms with van der Waals surface area (Å²) < 4.78 is 8.57. The molecule has 0 unspecified atom stereocenters. The lowest BCUT2D eigenvalue weighted by Gasteiger charge is -2.35. The number of aryl methyl sites for hydroxylation is 1. The minimum Gasteiger partial charge on any atom is -0.394 e. The smallest absolute Gasteiger partial charge is 0.271 e. The molecule has 0 fully saturated rings. The lowest BCUT2D eigenvalue weighted by molar-refractivity contribution is -0.0210. The third kappa shape index (κ3) is 5.15. The van der Waals surface area contributed by atoms with Crippen LogP contribution in [0.2, 0.25) is 0 Å². The zero-order chi connectivity index (χ0) is 28.4. The number of aromatic nitrogens is 1. The van der Waals surface area contributed by atoms with E-state index in [2.05, 4.69) is 0 Å². The van der Waals surface area contributed by atoms with Crippen LogP contribution in [-0.4, -0.2) is 70.2 Å². The van der Waals surface area contributed by atoms with Gasteiger partial charge in [-0.25, -0.2) is 0 Å². The Kier molecular flexibility index (Phi) is 8.05. The number of carbonyl (C=O) groups excluding carboxylic acids is 2. The summed E-state index contributed by atoms with van der Waals surface area (Å²) in [6.45, 7) is 4.82. The molecule has 3 atom stereocenters. The van der Waals surface area contributed by atoms with Gasteiger partial charge in [-0.3, -0.25) is 9.59 Å². The Hall–Kier alpha value is -3.94. The maximum absolute atomic E-state index is 14.4. The molecule has 7 heteroatoms. The van der Waals surface area contributed by atoms with Crippen LogP contribution in [-0.2, 0) is 18.4 Å². The van der Waals surface area contributed by atoms with Gasteiger partial charge in [0.1, 0.15) is 5.69 Å². The summed E-state index contributed by atoms with van der Waals surface area (Å²) >= 11 is 0. The third-order valence-electron chi connectivity index (χ3n) is 8.05. The van der Waals surface area contributed by atoms with E-state index < -0.39 is 6.04 Å². The number of aliphatic hydroxyl groups excluding tert-OH is 1. The maximum atomic E-state index is 14.4. The lowest BCUT2D eigenvalue weighted by atomic mass is 9.96.